The zero-order valence-electron chi connectivity index (χ0n) is 11.6. The van der Waals surface area contributed by atoms with Gasteiger partial charge in [-0.05, 0) is 24.3 Å². The predicted octanol–water partition coefficient (Wildman–Crippen LogP) is 2.63. The first kappa shape index (κ1) is 14.1. The topological polar surface area (TPSA) is 55.1 Å². The highest BCUT2D eigenvalue weighted by Crippen LogP contribution is 2.28. The summed E-state index contributed by atoms with van der Waals surface area (Å²) in [5.74, 6) is 1.04. The SMILES string of the molecule is CC1CCCC(C(=O)NCC(N)c2ccccc2)C1. The molecule has 104 valence electrons. The Kier molecular flexibility index (Phi) is 4.97. The molecule has 2 rings (SSSR count). The van der Waals surface area contributed by atoms with Gasteiger partial charge in [0.1, 0.15) is 0 Å². The normalized spacial score (nSPS) is 24.7. The van der Waals surface area contributed by atoms with Crippen molar-refractivity contribution in [1.29, 1.82) is 0 Å². The second kappa shape index (κ2) is 6.71. The third-order valence-corrected chi connectivity index (χ3v) is 4.03. The molecule has 0 aliphatic heterocycles. The third kappa shape index (κ3) is 4.06. The average Bonchev–Trinajstić information content (AvgIpc) is 2.45. The lowest BCUT2D eigenvalue weighted by molar-refractivity contribution is -0.126. The number of rotatable bonds is 4. The number of hydrogen-bond donors (Lipinski definition) is 2. The molecule has 3 unspecified atom stereocenters. The second-order valence-electron chi connectivity index (χ2n) is 5.73. The van der Waals surface area contributed by atoms with Crippen molar-refractivity contribution in [2.75, 3.05) is 6.54 Å². The molecule has 3 atom stereocenters. The van der Waals surface area contributed by atoms with Crippen LogP contribution in [0.4, 0.5) is 0 Å². The molecule has 3 N–H and O–H groups in total. The third-order valence-electron chi connectivity index (χ3n) is 4.03. The van der Waals surface area contributed by atoms with Crippen LogP contribution in [-0.4, -0.2) is 12.5 Å². The molecule has 0 saturated heterocycles. The van der Waals surface area contributed by atoms with E-state index in [1.54, 1.807) is 0 Å². The molecule has 0 radical (unpaired) electrons. The molecule has 1 aromatic rings. The Bertz CT molecular complexity index is 404. The standard InChI is InChI=1S/C16H24N2O/c1-12-6-5-9-14(10-12)16(19)18-11-15(17)13-7-3-2-4-8-13/h2-4,7-8,12,14-15H,5-6,9-11,17H2,1H3,(H,18,19). The van der Waals surface area contributed by atoms with Gasteiger partial charge in [0.25, 0.3) is 0 Å². The molecule has 1 fully saturated rings. The molecule has 3 nitrogen and oxygen atoms in total. The minimum atomic E-state index is -0.119. The van der Waals surface area contributed by atoms with Crippen LogP contribution in [-0.2, 0) is 4.79 Å². The molecule has 1 aromatic carbocycles. The zero-order chi connectivity index (χ0) is 13.7. The van der Waals surface area contributed by atoms with Crippen molar-refractivity contribution >= 4 is 5.91 Å². The minimum Gasteiger partial charge on any atom is -0.354 e. The van der Waals surface area contributed by atoms with E-state index in [0.717, 1.165) is 18.4 Å². The Morgan fingerprint density at radius 3 is 2.79 bits per heavy atom. The van der Waals surface area contributed by atoms with Crippen molar-refractivity contribution in [2.24, 2.45) is 17.6 Å². The molecule has 0 heterocycles. The summed E-state index contributed by atoms with van der Waals surface area (Å²) in [6.07, 6.45) is 4.47. The Morgan fingerprint density at radius 1 is 1.37 bits per heavy atom. The minimum absolute atomic E-state index is 0.119. The zero-order valence-corrected chi connectivity index (χ0v) is 11.6. The van der Waals surface area contributed by atoms with Gasteiger partial charge >= 0.3 is 0 Å². The molecule has 3 heteroatoms. The molecule has 0 aromatic heterocycles. The van der Waals surface area contributed by atoms with E-state index < -0.39 is 0 Å². The molecule has 1 amide bonds. The molecule has 1 saturated carbocycles. The van der Waals surface area contributed by atoms with Crippen LogP contribution in [0.2, 0.25) is 0 Å². The van der Waals surface area contributed by atoms with E-state index in [1.807, 2.05) is 30.3 Å². The van der Waals surface area contributed by atoms with E-state index in [9.17, 15) is 4.79 Å². The number of carbonyl (C=O) groups excluding carboxylic acids is 1. The van der Waals surface area contributed by atoms with Gasteiger partial charge in [0.2, 0.25) is 5.91 Å². The lowest BCUT2D eigenvalue weighted by Gasteiger charge is -2.26. The van der Waals surface area contributed by atoms with Crippen molar-refractivity contribution in [2.45, 2.75) is 38.6 Å². The van der Waals surface area contributed by atoms with Crippen LogP contribution >= 0.6 is 0 Å². The van der Waals surface area contributed by atoms with Gasteiger partial charge in [-0.15, -0.1) is 0 Å². The van der Waals surface area contributed by atoms with Gasteiger partial charge in [0, 0.05) is 18.5 Å². The molecule has 1 aliphatic rings. The van der Waals surface area contributed by atoms with E-state index in [2.05, 4.69) is 12.2 Å². The maximum atomic E-state index is 12.1. The summed E-state index contributed by atoms with van der Waals surface area (Å²) in [5.41, 5.74) is 7.15. The Labute approximate surface area is 115 Å². The Balaban J connectivity index is 1.80. The number of nitrogens with two attached hydrogens (primary N) is 1. The van der Waals surface area contributed by atoms with E-state index in [4.69, 9.17) is 5.73 Å². The van der Waals surface area contributed by atoms with Gasteiger partial charge in [0.05, 0.1) is 0 Å². The first-order chi connectivity index (χ1) is 9.16. The first-order valence-electron chi connectivity index (χ1n) is 7.25. The number of amides is 1. The average molecular weight is 260 g/mol. The number of benzene rings is 1. The van der Waals surface area contributed by atoms with Gasteiger partial charge < -0.3 is 11.1 Å². The van der Waals surface area contributed by atoms with Gasteiger partial charge in [0.15, 0.2) is 0 Å². The van der Waals surface area contributed by atoms with Crippen LogP contribution in [0.3, 0.4) is 0 Å². The fourth-order valence-electron chi connectivity index (χ4n) is 2.85. The molecule has 0 spiro atoms. The first-order valence-corrected chi connectivity index (χ1v) is 7.25. The molecule has 1 aliphatic carbocycles. The van der Waals surface area contributed by atoms with Crippen LogP contribution in [0.15, 0.2) is 30.3 Å². The smallest absolute Gasteiger partial charge is 0.223 e. The second-order valence-corrected chi connectivity index (χ2v) is 5.73. The lowest BCUT2D eigenvalue weighted by Crippen LogP contribution is -2.37. The quantitative estimate of drug-likeness (QED) is 0.874. The summed E-state index contributed by atoms with van der Waals surface area (Å²) in [7, 11) is 0. The number of carbonyl (C=O) groups is 1. The van der Waals surface area contributed by atoms with Crippen molar-refractivity contribution in [1.82, 2.24) is 5.32 Å². The molecular formula is C16H24N2O. The monoisotopic (exact) mass is 260 g/mol. The summed E-state index contributed by atoms with van der Waals surface area (Å²) in [5, 5.41) is 3.01. The van der Waals surface area contributed by atoms with Crippen LogP contribution in [0.25, 0.3) is 0 Å². The summed E-state index contributed by atoms with van der Waals surface area (Å²) >= 11 is 0. The van der Waals surface area contributed by atoms with E-state index in [0.29, 0.717) is 12.5 Å². The Morgan fingerprint density at radius 2 is 2.11 bits per heavy atom. The van der Waals surface area contributed by atoms with Gasteiger partial charge in [-0.3, -0.25) is 4.79 Å². The maximum Gasteiger partial charge on any atom is 0.223 e. The van der Waals surface area contributed by atoms with Crippen molar-refractivity contribution < 1.29 is 4.79 Å². The van der Waals surface area contributed by atoms with Crippen molar-refractivity contribution in [3.63, 3.8) is 0 Å². The highest BCUT2D eigenvalue weighted by atomic mass is 16.1. The number of hydrogen-bond acceptors (Lipinski definition) is 2. The van der Waals surface area contributed by atoms with E-state index in [1.165, 1.54) is 12.8 Å². The summed E-state index contributed by atoms with van der Waals surface area (Å²) in [6.45, 7) is 2.75. The Hall–Kier alpha value is -1.35. The van der Waals surface area contributed by atoms with Crippen molar-refractivity contribution in [3.05, 3.63) is 35.9 Å². The predicted molar refractivity (Wildman–Crippen MR) is 77.5 cm³/mol. The van der Waals surface area contributed by atoms with Crippen molar-refractivity contribution in [3.8, 4) is 0 Å². The van der Waals surface area contributed by atoms with E-state index in [-0.39, 0.29) is 17.9 Å². The maximum absolute atomic E-state index is 12.1. The lowest BCUT2D eigenvalue weighted by atomic mass is 9.82. The van der Waals surface area contributed by atoms with Crippen LogP contribution in [0.1, 0.15) is 44.2 Å². The fraction of sp³-hybridized carbons (Fsp3) is 0.562. The molecule has 19 heavy (non-hydrogen) atoms. The summed E-state index contributed by atoms with van der Waals surface area (Å²) in [6, 6.07) is 9.79. The fourth-order valence-corrected chi connectivity index (χ4v) is 2.85. The van der Waals surface area contributed by atoms with Gasteiger partial charge in [-0.25, -0.2) is 0 Å². The largest absolute Gasteiger partial charge is 0.354 e. The summed E-state index contributed by atoms with van der Waals surface area (Å²) < 4.78 is 0. The molecular weight excluding hydrogens is 236 g/mol. The van der Waals surface area contributed by atoms with Gasteiger partial charge in [-0.2, -0.15) is 0 Å². The highest BCUT2D eigenvalue weighted by molar-refractivity contribution is 5.78. The van der Waals surface area contributed by atoms with Crippen LogP contribution in [0.5, 0.6) is 0 Å². The van der Waals surface area contributed by atoms with Crippen LogP contribution in [0, 0.1) is 11.8 Å². The summed E-state index contributed by atoms with van der Waals surface area (Å²) in [4.78, 5) is 12.1. The molecule has 0 bridgehead atoms. The van der Waals surface area contributed by atoms with E-state index >= 15 is 0 Å². The number of nitrogens with one attached hydrogen (secondary N) is 1. The van der Waals surface area contributed by atoms with Crippen LogP contribution < -0.4 is 11.1 Å². The van der Waals surface area contributed by atoms with Gasteiger partial charge in [-0.1, -0.05) is 50.1 Å². The highest BCUT2D eigenvalue weighted by Gasteiger charge is 2.25.